The van der Waals surface area contributed by atoms with Crippen LogP contribution >= 0.6 is 0 Å². The van der Waals surface area contributed by atoms with Gasteiger partial charge in [0.1, 0.15) is 12.4 Å². The summed E-state index contributed by atoms with van der Waals surface area (Å²) in [6.07, 6.45) is 5.00. The van der Waals surface area contributed by atoms with Crippen molar-refractivity contribution < 1.29 is 4.79 Å². The van der Waals surface area contributed by atoms with Gasteiger partial charge in [-0.3, -0.25) is 9.48 Å². The first-order chi connectivity index (χ1) is 7.61. The van der Waals surface area contributed by atoms with Crippen LogP contribution in [0.2, 0.25) is 0 Å². The summed E-state index contributed by atoms with van der Waals surface area (Å²) in [5, 5.41) is 6.89. The zero-order chi connectivity index (χ0) is 12.0. The van der Waals surface area contributed by atoms with Crippen molar-refractivity contribution in [1.82, 2.24) is 15.1 Å². The number of aromatic nitrogens is 2. The fraction of sp³-hybridized carbons (Fsp3) is 0.636. The molecule has 16 heavy (non-hydrogen) atoms. The van der Waals surface area contributed by atoms with Crippen LogP contribution < -0.4 is 11.1 Å². The Morgan fingerprint density at radius 3 is 3.00 bits per heavy atom. The molecule has 5 nitrogen and oxygen atoms in total. The molecular formula is C11H20N4O. The number of hydrogen-bond donors (Lipinski definition) is 2. The first-order valence-corrected chi connectivity index (χ1v) is 5.70. The third kappa shape index (κ3) is 4.33. The number of amides is 1. The van der Waals surface area contributed by atoms with Crippen molar-refractivity contribution in [2.24, 2.45) is 0 Å². The minimum atomic E-state index is -0.0216. The highest BCUT2D eigenvalue weighted by molar-refractivity contribution is 5.75. The molecule has 0 aromatic carbocycles. The Kier molecular flexibility index (Phi) is 4.82. The van der Waals surface area contributed by atoms with Gasteiger partial charge in [-0.2, -0.15) is 5.10 Å². The van der Waals surface area contributed by atoms with Crippen LogP contribution in [0.4, 0.5) is 5.82 Å². The van der Waals surface area contributed by atoms with Gasteiger partial charge in [0.2, 0.25) is 5.91 Å². The van der Waals surface area contributed by atoms with E-state index in [1.54, 1.807) is 12.3 Å². The molecule has 1 atom stereocenters. The molecule has 0 aliphatic carbocycles. The van der Waals surface area contributed by atoms with E-state index in [9.17, 15) is 4.79 Å². The zero-order valence-electron chi connectivity index (χ0n) is 9.94. The number of nitrogens with one attached hydrogen (secondary N) is 1. The fourth-order valence-corrected chi connectivity index (χ4v) is 1.52. The molecule has 1 aromatic rings. The number of hydrogen-bond acceptors (Lipinski definition) is 3. The van der Waals surface area contributed by atoms with Crippen molar-refractivity contribution in [1.29, 1.82) is 0 Å². The number of rotatable bonds is 6. The van der Waals surface area contributed by atoms with Crippen LogP contribution in [-0.4, -0.2) is 21.7 Å². The number of nitrogens with zero attached hydrogens (tertiary/aromatic N) is 2. The predicted molar refractivity (Wildman–Crippen MR) is 63.8 cm³/mol. The SMILES string of the molecule is CCCCC(C)NC(=O)Cn1ccc(N)n1. The summed E-state index contributed by atoms with van der Waals surface area (Å²) in [7, 11) is 0. The number of carbonyl (C=O) groups is 1. The average molecular weight is 224 g/mol. The lowest BCUT2D eigenvalue weighted by Gasteiger charge is -2.13. The quantitative estimate of drug-likeness (QED) is 0.761. The van der Waals surface area contributed by atoms with Crippen LogP contribution in [0.3, 0.4) is 0 Å². The molecule has 0 fully saturated rings. The largest absolute Gasteiger partial charge is 0.382 e. The van der Waals surface area contributed by atoms with Gasteiger partial charge in [-0.05, 0) is 19.4 Å². The van der Waals surface area contributed by atoms with E-state index in [1.807, 2.05) is 6.92 Å². The second-order valence-electron chi connectivity index (χ2n) is 4.05. The Morgan fingerprint density at radius 1 is 1.69 bits per heavy atom. The van der Waals surface area contributed by atoms with Crippen molar-refractivity contribution in [2.75, 3.05) is 5.73 Å². The highest BCUT2D eigenvalue weighted by atomic mass is 16.2. The highest BCUT2D eigenvalue weighted by Gasteiger charge is 2.07. The number of nitrogen functional groups attached to an aromatic ring is 1. The first kappa shape index (κ1) is 12.5. The Balaban J connectivity index is 2.30. The lowest BCUT2D eigenvalue weighted by Crippen LogP contribution is -2.35. The molecule has 1 aromatic heterocycles. The molecule has 90 valence electrons. The van der Waals surface area contributed by atoms with Gasteiger partial charge in [0.25, 0.3) is 0 Å². The number of nitrogens with two attached hydrogens (primary N) is 1. The molecule has 1 rings (SSSR count). The van der Waals surface area contributed by atoms with Crippen LogP contribution in [0.5, 0.6) is 0 Å². The maximum Gasteiger partial charge on any atom is 0.241 e. The van der Waals surface area contributed by atoms with Crippen LogP contribution in [0.1, 0.15) is 33.1 Å². The summed E-state index contributed by atoms with van der Waals surface area (Å²) in [6.45, 7) is 4.39. The minimum Gasteiger partial charge on any atom is -0.382 e. The molecule has 0 radical (unpaired) electrons. The van der Waals surface area contributed by atoms with E-state index >= 15 is 0 Å². The third-order valence-electron chi connectivity index (χ3n) is 2.36. The molecule has 1 unspecified atom stereocenters. The van der Waals surface area contributed by atoms with Gasteiger partial charge in [-0.25, -0.2) is 0 Å². The molecule has 1 amide bonds. The highest BCUT2D eigenvalue weighted by Crippen LogP contribution is 2.00. The van der Waals surface area contributed by atoms with Gasteiger partial charge < -0.3 is 11.1 Å². The smallest absolute Gasteiger partial charge is 0.241 e. The van der Waals surface area contributed by atoms with Crippen molar-refractivity contribution in [3.8, 4) is 0 Å². The molecule has 0 bridgehead atoms. The van der Waals surface area contributed by atoms with E-state index in [4.69, 9.17) is 5.73 Å². The molecule has 0 saturated carbocycles. The Morgan fingerprint density at radius 2 is 2.44 bits per heavy atom. The number of unbranched alkanes of at least 4 members (excludes halogenated alkanes) is 1. The molecular weight excluding hydrogens is 204 g/mol. The summed E-state index contributed by atoms with van der Waals surface area (Å²) in [4.78, 5) is 11.6. The summed E-state index contributed by atoms with van der Waals surface area (Å²) in [5.74, 6) is 0.415. The van der Waals surface area contributed by atoms with E-state index < -0.39 is 0 Å². The lowest BCUT2D eigenvalue weighted by atomic mass is 10.1. The maximum absolute atomic E-state index is 11.6. The topological polar surface area (TPSA) is 72.9 Å². The summed E-state index contributed by atoms with van der Waals surface area (Å²) >= 11 is 0. The van der Waals surface area contributed by atoms with E-state index in [0.717, 1.165) is 19.3 Å². The van der Waals surface area contributed by atoms with E-state index in [-0.39, 0.29) is 18.5 Å². The van der Waals surface area contributed by atoms with Gasteiger partial charge >= 0.3 is 0 Å². The third-order valence-corrected chi connectivity index (χ3v) is 2.36. The van der Waals surface area contributed by atoms with Crippen molar-refractivity contribution in [3.63, 3.8) is 0 Å². The van der Waals surface area contributed by atoms with Crippen molar-refractivity contribution in [3.05, 3.63) is 12.3 Å². The molecule has 0 aliphatic rings. The zero-order valence-corrected chi connectivity index (χ0v) is 9.94. The van der Waals surface area contributed by atoms with Crippen LogP contribution in [-0.2, 0) is 11.3 Å². The molecule has 0 spiro atoms. The Labute approximate surface area is 96.0 Å². The maximum atomic E-state index is 11.6. The monoisotopic (exact) mass is 224 g/mol. The average Bonchev–Trinajstić information content (AvgIpc) is 2.60. The van der Waals surface area contributed by atoms with Crippen LogP contribution in [0.25, 0.3) is 0 Å². The molecule has 5 heteroatoms. The lowest BCUT2D eigenvalue weighted by molar-refractivity contribution is -0.122. The first-order valence-electron chi connectivity index (χ1n) is 5.70. The number of anilines is 1. The van der Waals surface area contributed by atoms with Crippen LogP contribution in [0.15, 0.2) is 12.3 Å². The van der Waals surface area contributed by atoms with E-state index in [1.165, 1.54) is 4.68 Å². The molecule has 0 aliphatic heterocycles. The van der Waals surface area contributed by atoms with Crippen molar-refractivity contribution >= 4 is 11.7 Å². The van der Waals surface area contributed by atoms with Gasteiger partial charge in [0.15, 0.2) is 0 Å². The van der Waals surface area contributed by atoms with Gasteiger partial charge in [-0.1, -0.05) is 19.8 Å². The van der Waals surface area contributed by atoms with Crippen molar-refractivity contribution in [2.45, 2.75) is 45.7 Å². The Hall–Kier alpha value is -1.52. The van der Waals surface area contributed by atoms with Gasteiger partial charge in [0.05, 0.1) is 0 Å². The summed E-state index contributed by atoms with van der Waals surface area (Å²) in [6, 6.07) is 1.90. The van der Waals surface area contributed by atoms with Gasteiger partial charge in [0, 0.05) is 12.2 Å². The standard InChI is InChI=1S/C11H20N4O/c1-3-4-5-9(2)13-11(16)8-15-7-6-10(12)14-15/h6-7,9H,3-5,8H2,1-2H3,(H2,12,14)(H,13,16). The number of carbonyl (C=O) groups excluding carboxylic acids is 1. The van der Waals surface area contributed by atoms with Crippen LogP contribution in [0, 0.1) is 0 Å². The predicted octanol–water partition coefficient (Wildman–Crippen LogP) is 1.16. The molecule has 3 N–H and O–H groups in total. The normalized spacial score (nSPS) is 12.4. The Bertz CT molecular complexity index is 334. The van der Waals surface area contributed by atoms with E-state index in [2.05, 4.69) is 17.3 Å². The molecule has 1 heterocycles. The second kappa shape index (κ2) is 6.15. The summed E-state index contributed by atoms with van der Waals surface area (Å²) in [5.41, 5.74) is 5.46. The van der Waals surface area contributed by atoms with Gasteiger partial charge in [-0.15, -0.1) is 0 Å². The minimum absolute atomic E-state index is 0.0216. The fourth-order valence-electron chi connectivity index (χ4n) is 1.52. The molecule has 0 saturated heterocycles. The summed E-state index contributed by atoms with van der Waals surface area (Å²) < 4.78 is 1.54. The second-order valence-corrected chi connectivity index (χ2v) is 4.05. The van der Waals surface area contributed by atoms with E-state index in [0.29, 0.717) is 5.82 Å².